The van der Waals surface area contributed by atoms with Crippen molar-refractivity contribution in [1.82, 2.24) is 0 Å². The summed E-state index contributed by atoms with van der Waals surface area (Å²) in [4.78, 5) is 17.6. The van der Waals surface area contributed by atoms with Crippen molar-refractivity contribution < 1.29 is 57.9 Å². The number of carbonyl (C=O) groups excluding carboxylic acids is 2. The van der Waals surface area contributed by atoms with Gasteiger partial charge in [-0.3, -0.25) is 9.59 Å². The topological polar surface area (TPSA) is 126 Å². The molecule has 0 saturated heterocycles. The Hall–Kier alpha value is 0.370. The molecule has 0 aliphatic heterocycles. The van der Waals surface area contributed by atoms with Crippen molar-refractivity contribution >= 4 is 23.9 Å². The minimum atomic E-state index is -2.86. The van der Waals surface area contributed by atoms with Crippen molar-refractivity contribution in [1.29, 1.82) is 0 Å². The number of hydrogen-bond donors (Lipinski definition) is 1. The van der Waals surface area contributed by atoms with Gasteiger partial charge in [0.25, 0.3) is 0 Å². The SMILES string of the molecule is O.O=CC=O.O=S([O-])O.[Na+]. The van der Waals surface area contributed by atoms with Gasteiger partial charge in [0, 0.05) is 0 Å². The van der Waals surface area contributed by atoms with Gasteiger partial charge < -0.3 is 14.6 Å². The van der Waals surface area contributed by atoms with Gasteiger partial charge in [-0.2, -0.15) is 0 Å². The number of carbonyl (C=O) groups is 2. The van der Waals surface area contributed by atoms with E-state index in [0.29, 0.717) is 0 Å². The minimum absolute atomic E-state index is 0. The van der Waals surface area contributed by atoms with E-state index >= 15 is 0 Å². The second-order valence-corrected chi connectivity index (χ2v) is 0.924. The molecule has 0 spiro atoms. The van der Waals surface area contributed by atoms with Gasteiger partial charge in [0.05, 0.1) is 11.4 Å². The van der Waals surface area contributed by atoms with Gasteiger partial charge in [-0.05, 0) is 0 Å². The summed E-state index contributed by atoms with van der Waals surface area (Å²) in [5, 5.41) is 0. The van der Waals surface area contributed by atoms with Gasteiger partial charge >= 0.3 is 29.6 Å². The van der Waals surface area contributed by atoms with E-state index in [0.717, 1.165) is 0 Å². The van der Waals surface area contributed by atoms with Crippen molar-refractivity contribution in [3.8, 4) is 0 Å². The molecule has 0 aromatic rings. The van der Waals surface area contributed by atoms with E-state index in [9.17, 15) is 0 Å². The second kappa shape index (κ2) is 22.8. The first-order valence-electron chi connectivity index (χ1n) is 1.32. The molecule has 0 amide bonds. The van der Waals surface area contributed by atoms with Crippen LogP contribution in [0.5, 0.6) is 0 Å². The summed E-state index contributed by atoms with van der Waals surface area (Å²) in [6, 6.07) is 0. The molecule has 1 unspecified atom stereocenters. The first-order valence-corrected chi connectivity index (χ1v) is 2.35. The van der Waals surface area contributed by atoms with Crippen LogP contribution >= 0.6 is 0 Å². The maximum atomic E-state index is 8.81. The fourth-order valence-corrected chi connectivity index (χ4v) is 0. The predicted molar refractivity (Wildman–Crippen MR) is 27.3 cm³/mol. The zero-order chi connectivity index (χ0) is 6.99. The molecule has 56 valence electrons. The third kappa shape index (κ3) is 242. The third-order valence-corrected chi connectivity index (χ3v) is 0.0556. The number of rotatable bonds is 1. The molecule has 10 heavy (non-hydrogen) atoms. The van der Waals surface area contributed by atoms with Gasteiger partial charge in [0.2, 0.25) is 0 Å². The van der Waals surface area contributed by atoms with E-state index in [-0.39, 0.29) is 47.6 Å². The van der Waals surface area contributed by atoms with Crippen molar-refractivity contribution in [2.24, 2.45) is 0 Å². The monoisotopic (exact) mass is 180 g/mol. The Morgan fingerprint density at radius 2 is 1.40 bits per heavy atom. The van der Waals surface area contributed by atoms with Gasteiger partial charge in [-0.1, -0.05) is 0 Å². The zero-order valence-corrected chi connectivity index (χ0v) is 7.96. The van der Waals surface area contributed by atoms with Crippen molar-refractivity contribution in [3.05, 3.63) is 0 Å². The van der Waals surface area contributed by atoms with Crippen LogP contribution in [-0.4, -0.2) is 31.4 Å². The molecule has 0 heterocycles. The van der Waals surface area contributed by atoms with Gasteiger partial charge in [0.15, 0.2) is 12.6 Å². The summed E-state index contributed by atoms with van der Waals surface area (Å²) in [6.07, 6.45) is 0.389. The minimum Gasteiger partial charge on any atom is -0.750 e. The van der Waals surface area contributed by atoms with E-state index in [4.69, 9.17) is 22.9 Å². The molecule has 0 saturated carbocycles. The fourth-order valence-electron chi connectivity index (χ4n) is 0. The molecule has 0 fully saturated rings. The van der Waals surface area contributed by atoms with Crippen LogP contribution in [0.1, 0.15) is 0 Å². The number of aldehydes is 2. The Kier molecular flexibility index (Phi) is 51.1. The molecular weight excluding hydrogens is 175 g/mol. The molecular formula is C2H5NaO6S. The Morgan fingerprint density at radius 1 is 1.30 bits per heavy atom. The predicted octanol–water partition coefficient (Wildman–Crippen LogP) is -5.10. The van der Waals surface area contributed by atoms with E-state index in [1.165, 1.54) is 0 Å². The van der Waals surface area contributed by atoms with E-state index < -0.39 is 11.4 Å². The molecule has 0 rings (SSSR count). The van der Waals surface area contributed by atoms with E-state index in [1.54, 1.807) is 0 Å². The third-order valence-electron chi connectivity index (χ3n) is 0.0556. The Labute approximate surface area is 81.7 Å². The maximum absolute atomic E-state index is 8.81. The Morgan fingerprint density at radius 3 is 1.40 bits per heavy atom. The molecule has 3 N–H and O–H groups in total. The summed E-state index contributed by atoms with van der Waals surface area (Å²) in [5.41, 5.74) is 0. The normalized spacial score (nSPS) is 8.20. The van der Waals surface area contributed by atoms with Gasteiger partial charge in [0.1, 0.15) is 0 Å². The molecule has 1 atom stereocenters. The molecule has 8 heteroatoms. The van der Waals surface area contributed by atoms with Crippen LogP contribution in [0.15, 0.2) is 0 Å². The second-order valence-electron chi connectivity index (χ2n) is 0.489. The average molecular weight is 180 g/mol. The summed E-state index contributed by atoms with van der Waals surface area (Å²) < 4.78 is 24.1. The maximum Gasteiger partial charge on any atom is 1.00 e. The summed E-state index contributed by atoms with van der Waals surface area (Å²) in [6.45, 7) is 0. The summed E-state index contributed by atoms with van der Waals surface area (Å²) in [5.74, 6) is 0. The first-order chi connectivity index (χ1) is 3.65. The van der Waals surface area contributed by atoms with Crippen LogP contribution in [-0.2, 0) is 21.0 Å². The summed E-state index contributed by atoms with van der Waals surface area (Å²) in [7, 11) is 0. The first kappa shape index (κ1) is 22.4. The molecule has 6 nitrogen and oxygen atoms in total. The van der Waals surface area contributed by atoms with Crippen molar-refractivity contribution in [2.45, 2.75) is 0 Å². The number of hydrogen-bond acceptors (Lipinski definition) is 4. The Balaban J connectivity index is -0.0000000300. The largest absolute Gasteiger partial charge is 1.00 e. The van der Waals surface area contributed by atoms with Crippen LogP contribution in [0.25, 0.3) is 0 Å². The van der Waals surface area contributed by atoms with Gasteiger partial charge in [-0.15, -0.1) is 0 Å². The molecule has 0 radical (unpaired) electrons. The summed E-state index contributed by atoms with van der Waals surface area (Å²) >= 11 is -2.86. The van der Waals surface area contributed by atoms with Crippen LogP contribution in [0.2, 0.25) is 0 Å². The van der Waals surface area contributed by atoms with Crippen molar-refractivity contribution in [3.63, 3.8) is 0 Å². The molecule has 0 aliphatic rings. The van der Waals surface area contributed by atoms with Crippen LogP contribution < -0.4 is 29.6 Å². The molecule has 0 aromatic carbocycles. The van der Waals surface area contributed by atoms with Crippen LogP contribution in [0, 0.1) is 0 Å². The zero-order valence-electron chi connectivity index (χ0n) is 5.14. The smallest absolute Gasteiger partial charge is 0.750 e. The van der Waals surface area contributed by atoms with E-state index in [1.807, 2.05) is 0 Å². The van der Waals surface area contributed by atoms with Gasteiger partial charge in [-0.25, -0.2) is 4.21 Å². The van der Waals surface area contributed by atoms with Crippen LogP contribution in [0.3, 0.4) is 0 Å². The molecule has 0 bridgehead atoms. The average Bonchev–Trinajstić information content (AvgIpc) is 1.65. The Bertz CT molecular complexity index is 83.7. The quantitative estimate of drug-likeness (QED) is 0.187. The standard InChI is InChI=1S/C2H2O2.Na.H2O3S.H2O/c3-1-2-4;;1-4(2)3;/h1-2H;;(H2,1,2,3);1H2/q;+1;;/p-1. The molecule has 0 aromatic heterocycles. The molecule has 0 aliphatic carbocycles. The van der Waals surface area contributed by atoms with E-state index in [2.05, 4.69) is 0 Å². The van der Waals surface area contributed by atoms with Crippen LogP contribution in [0.4, 0.5) is 0 Å². The van der Waals surface area contributed by atoms with Crippen molar-refractivity contribution in [2.75, 3.05) is 0 Å². The fraction of sp³-hybridized carbons (Fsp3) is 0.